The molecule has 0 aliphatic heterocycles. The summed E-state index contributed by atoms with van der Waals surface area (Å²) in [5.41, 5.74) is 7.86. The molecule has 130 valence electrons. The molecule has 1 fully saturated rings. The summed E-state index contributed by atoms with van der Waals surface area (Å²) in [6.45, 7) is 0. The summed E-state index contributed by atoms with van der Waals surface area (Å²) in [6, 6.07) is 6.50. The molecule has 0 atom stereocenters. The van der Waals surface area contributed by atoms with Crippen LogP contribution >= 0.6 is 11.3 Å². The molecule has 2 aromatic heterocycles. The fourth-order valence-electron chi connectivity index (χ4n) is 3.20. The molecule has 0 saturated heterocycles. The van der Waals surface area contributed by atoms with Gasteiger partial charge in [-0.05, 0) is 30.5 Å². The molecule has 5 nitrogen and oxygen atoms in total. The van der Waals surface area contributed by atoms with E-state index < -0.39 is 5.54 Å². The Labute approximate surface area is 149 Å². The molecule has 2 N–H and O–H groups in total. The highest BCUT2D eigenvalue weighted by Crippen LogP contribution is 2.34. The van der Waals surface area contributed by atoms with Crippen molar-refractivity contribution in [2.24, 2.45) is 5.73 Å². The van der Waals surface area contributed by atoms with E-state index in [2.05, 4.69) is 15.1 Å². The second kappa shape index (κ2) is 6.65. The van der Waals surface area contributed by atoms with E-state index in [1.807, 2.05) is 5.38 Å². The molecule has 0 radical (unpaired) electrons. The van der Waals surface area contributed by atoms with Crippen LogP contribution in [0.2, 0.25) is 0 Å². The lowest BCUT2D eigenvalue weighted by Gasteiger charge is -2.17. The van der Waals surface area contributed by atoms with Crippen LogP contribution in [-0.2, 0) is 18.4 Å². The molecule has 0 amide bonds. The summed E-state index contributed by atoms with van der Waals surface area (Å²) >= 11 is 1.58. The van der Waals surface area contributed by atoms with Crippen molar-refractivity contribution in [3.63, 3.8) is 0 Å². The molecule has 25 heavy (non-hydrogen) atoms. The minimum Gasteiger partial charge on any atom is -0.339 e. The van der Waals surface area contributed by atoms with Gasteiger partial charge in [-0.3, -0.25) is 0 Å². The number of nitrogens with two attached hydrogens (primary N) is 1. The standard InChI is InChI=1S/C18H19FN4OS/c19-13-5-3-12(4-6-13)9-16-21-14(11-25-16)10-15-22-17(23-24-15)18(20)7-1-2-8-18/h3-6,11H,1-2,7-10,20H2. The Morgan fingerprint density at radius 2 is 1.88 bits per heavy atom. The maximum absolute atomic E-state index is 13.0. The first-order chi connectivity index (χ1) is 12.1. The van der Waals surface area contributed by atoms with Gasteiger partial charge in [0.1, 0.15) is 5.82 Å². The largest absolute Gasteiger partial charge is 0.339 e. The number of benzene rings is 1. The number of nitrogens with zero attached hydrogens (tertiary/aromatic N) is 3. The first kappa shape index (κ1) is 16.4. The van der Waals surface area contributed by atoms with Crippen LogP contribution in [-0.4, -0.2) is 15.1 Å². The van der Waals surface area contributed by atoms with Gasteiger partial charge in [-0.25, -0.2) is 9.37 Å². The third-order valence-electron chi connectivity index (χ3n) is 4.61. The smallest absolute Gasteiger partial charge is 0.232 e. The van der Waals surface area contributed by atoms with Crippen LogP contribution in [0.25, 0.3) is 0 Å². The van der Waals surface area contributed by atoms with Gasteiger partial charge < -0.3 is 10.3 Å². The van der Waals surface area contributed by atoms with Gasteiger partial charge in [0.2, 0.25) is 5.89 Å². The van der Waals surface area contributed by atoms with Crippen molar-refractivity contribution in [2.45, 2.75) is 44.1 Å². The molecule has 1 aliphatic rings. The zero-order valence-corrected chi connectivity index (χ0v) is 14.6. The average Bonchev–Trinajstić information content (AvgIpc) is 3.33. The van der Waals surface area contributed by atoms with Crippen LogP contribution in [0, 0.1) is 5.82 Å². The van der Waals surface area contributed by atoms with Crippen LogP contribution in [0.15, 0.2) is 34.2 Å². The molecule has 0 unspecified atom stereocenters. The molecule has 0 spiro atoms. The molecular formula is C18H19FN4OS. The number of hydrogen-bond acceptors (Lipinski definition) is 6. The second-order valence-electron chi connectivity index (χ2n) is 6.59. The third kappa shape index (κ3) is 3.62. The Morgan fingerprint density at radius 1 is 1.12 bits per heavy atom. The number of halogens is 1. The number of thiazole rings is 1. The first-order valence-electron chi connectivity index (χ1n) is 8.40. The van der Waals surface area contributed by atoms with Gasteiger partial charge in [0, 0.05) is 11.8 Å². The van der Waals surface area contributed by atoms with Crippen LogP contribution in [0.5, 0.6) is 0 Å². The van der Waals surface area contributed by atoms with Crippen molar-refractivity contribution in [3.8, 4) is 0 Å². The molecule has 2 heterocycles. The Hall–Kier alpha value is -2.12. The predicted octanol–water partition coefficient (Wildman–Crippen LogP) is 3.57. The summed E-state index contributed by atoms with van der Waals surface area (Å²) in [6.07, 6.45) is 5.22. The van der Waals surface area contributed by atoms with Crippen LogP contribution in [0.3, 0.4) is 0 Å². The first-order valence-corrected chi connectivity index (χ1v) is 9.28. The molecule has 7 heteroatoms. The summed E-state index contributed by atoms with van der Waals surface area (Å²) in [7, 11) is 0. The normalized spacial score (nSPS) is 16.4. The van der Waals surface area contributed by atoms with Crippen LogP contribution in [0.1, 0.15) is 53.7 Å². The fraction of sp³-hybridized carbons (Fsp3) is 0.389. The molecule has 1 aliphatic carbocycles. The highest BCUT2D eigenvalue weighted by atomic mass is 32.1. The minimum atomic E-state index is -0.433. The van der Waals surface area contributed by atoms with Crippen LogP contribution < -0.4 is 5.73 Å². The molecule has 1 aromatic carbocycles. The molecule has 0 bridgehead atoms. The summed E-state index contributed by atoms with van der Waals surface area (Å²) in [5, 5.41) is 7.05. The summed E-state index contributed by atoms with van der Waals surface area (Å²) in [5.74, 6) is 0.933. The van der Waals surface area contributed by atoms with E-state index in [1.54, 1.807) is 23.5 Å². The maximum Gasteiger partial charge on any atom is 0.232 e. The molecular weight excluding hydrogens is 339 g/mol. The van der Waals surface area contributed by atoms with Gasteiger partial charge >= 0.3 is 0 Å². The van der Waals surface area contributed by atoms with E-state index in [1.165, 1.54) is 12.1 Å². The molecule has 1 saturated carbocycles. The Kier molecular flexibility index (Phi) is 4.35. The van der Waals surface area contributed by atoms with Crippen molar-refractivity contribution in [1.29, 1.82) is 0 Å². The van der Waals surface area contributed by atoms with Crippen molar-refractivity contribution >= 4 is 11.3 Å². The SMILES string of the molecule is NC1(c2noc(Cc3csc(Cc4ccc(F)cc4)n3)n2)CCCC1. The van der Waals surface area contributed by atoms with Gasteiger partial charge in [-0.15, -0.1) is 11.3 Å². The monoisotopic (exact) mass is 358 g/mol. The van der Waals surface area contributed by atoms with E-state index in [9.17, 15) is 4.39 Å². The zero-order chi connectivity index (χ0) is 17.3. The van der Waals surface area contributed by atoms with E-state index >= 15 is 0 Å². The zero-order valence-electron chi connectivity index (χ0n) is 13.7. The lowest BCUT2D eigenvalue weighted by molar-refractivity contribution is 0.352. The van der Waals surface area contributed by atoms with Gasteiger partial charge in [0.25, 0.3) is 0 Å². The summed E-state index contributed by atoms with van der Waals surface area (Å²) < 4.78 is 18.3. The highest BCUT2D eigenvalue weighted by Gasteiger charge is 2.35. The second-order valence-corrected chi connectivity index (χ2v) is 7.53. The van der Waals surface area contributed by atoms with E-state index in [0.717, 1.165) is 41.9 Å². The molecule has 3 aromatic rings. The maximum atomic E-state index is 13.0. The van der Waals surface area contributed by atoms with Crippen molar-refractivity contribution < 1.29 is 8.91 Å². The lowest BCUT2D eigenvalue weighted by atomic mass is 9.99. The minimum absolute atomic E-state index is 0.226. The van der Waals surface area contributed by atoms with Gasteiger partial charge in [-0.2, -0.15) is 4.98 Å². The number of hydrogen-bond donors (Lipinski definition) is 1. The van der Waals surface area contributed by atoms with Gasteiger partial charge in [0.15, 0.2) is 5.82 Å². The Bertz CT molecular complexity index is 852. The topological polar surface area (TPSA) is 77.8 Å². The average molecular weight is 358 g/mol. The van der Waals surface area contributed by atoms with Crippen molar-refractivity contribution in [2.75, 3.05) is 0 Å². The quantitative estimate of drug-likeness (QED) is 0.754. The van der Waals surface area contributed by atoms with Crippen molar-refractivity contribution in [3.05, 3.63) is 63.4 Å². The highest BCUT2D eigenvalue weighted by molar-refractivity contribution is 7.09. The van der Waals surface area contributed by atoms with Gasteiger partial charge in [0.05, 0.1) is 22.7 Å². The fourth-order valence-corrected chi connectivity index (χ4v) is 4.03. The predicted molar refractivity (Wildman–Crippen MR) is 92.8 cm³/mol. The number of rotatable bonds is 5. The summed E-state index contributed by atoms with van der Waals surface area (Å²) in [4.78, 5) is 9.10. The Morgan fingerprint density at radius 3 is 2.64 bits per heavy atom. The lowest BCUT2D eigenvalue weighted by Crippen LogP contribution is -2.34. The third-order valence-corrected chi connectivity index (χ3v) is 5.51. The molecule has 4 rings (SSSR count). The van der Waals surface area contributed by atoms with Crippen LogP contribution in [0.4, 0.5) is 4.39 Å². The van der Waals surface area contributed by atoms with E-state index in [-0.39, 0.29) is 5.82 Å². The van der Waals surface area contributed by atoms with Gasteiger partial charge in [-0.1, -0.05) is 30.1 Å². The Balaban J connectivity index is 1.43. The van der Waals surface area contributed by atoms with E-state index in [0.29, 0.717) is 24.6 Å². The van der Waals surface area contributed by atoms with Crippen molar-refractivity contribution in [1.82, 2.24) is 15.1 Å². The van der Waals surface area contributed by atoms with E-state index in [4.69, 9.17) is 10.3 Å². The number of aromatic nitrogens is 3.